The quantitative estimate of drug-likeness (QED) is 0.688. The van der Waals surface area contributed by atoms with Crippen LogP contribution in [0, 0.1) is 11.7 Å². The number of hydrogen-bond donors (Lipinski definition) is 1. The smallest absolute Gasteiger partial charge is 0.259 e. The minimum absolute atomic E-state index is 0.0235. The third-order valence-corrected chi connectivity index (χ3v) is 5.81. The monoisotopic (exact) mass is 479 g/mol. The van der Waals surface area contributed by atoms with Crippen LogP contribution < -0.4 is 4.74 Å². The lowest BCUT2D eigenvalue weighted by atomic mass is 10.00. The average Bonchev–Trinajstić information content (AvgIpc) is 2.72. The minimum Gasteiger partial charge on any atom is -0.472 e. The predicted octanol–water partition coefficient (Wildman–Crippen LogP) is 3.34. The standard InChI is InChI=1S/C22H27BrFN3O3/c1-14-10-27(15(2)13-28)22(29)18-8-17(23)9-25-21(18)30-20(14)12-26(3)11-16-6-4-5-7-19(16)24/h4-9,14-15,20,28H,10-13H2,1-3H3/t14-,15-,20+/m1/s1. The van der Waals surface area contributed by atoms with Gasteiger partial charge in [0.05, 0.1) is 12.6 Å². The molecule has 0 unspecified atom stereocenters. The Morgan fingerprint density at radius 2 is 2.17 bits per heavy atom. The number of likely N-dealkylation sites (N-methyl/N-ethyl adjacent to an activating group) is 1. The molecule has 162 valence electrons. The number of aliphatic hydroxyl groups is 1. The summed E-state index contributed by atoms with van der Waals surface area (Å²) in [4.78, 5) is 21.1. The molecule has 8 heteroatoms. The maximum absolute atomic E-state index is 14.0. The summed E-state index contributed by atoms with van der Waals surface area (Å²) in [6.07, 6.45) is 1.33. The van der Waals surface area contributed by atoms with Gasteiger partial charge in [-0.15, -0.1) is 0 Å². The number of hydrogen-bond acceptors (Lipinski definition) is 5. The van der Waals surface area contributed by atoms with Crippen LogP contribution in [0.3, 0.4) is 0 Å². The van der Waals surface area contributed by atoms with Gasteiger partial charge in [-0.2, -0.15) is 0 Å². The molecule has 6 nitrogen and oxygen atoms in total. The second-order valence-electron chi connectivity index (χ2n) is 7.92. The first-order valence-corrected chi connectivity index (χ1v) is 10.8. The summed E-state index contributed by atoms with van der Waals surface area (Å²) < 4.78 is 20.9. The molecule has 1 amide bonds. The molecule has 0 saturated heterocycles. The van der Waals surface area contributed by atoms with Crippen LogP contribution in [0.15, 0.2) is 41.0 Å². The molecule has 30 heavy (non-hydrogen) atoms. The zero-order chi connectivity index (χ0) is 21.8. The number of fused-ring (bicyclic) bond motifs is 1. The fraction of sp³-hybridized carbons (Fsp3) is 0.455. The summed E-state index contributed by atoms with van der Waals surface area (Å²) in [6.45, 7) is 5.10. The van der Waals surface area contributed by atoms with Gasteiger partial charge < -0.3 is 14.7 Å². The third kappa shape index (κ3) is 5.17. The lowest BCUT2D eigenvalue weighted by Crippen LogP contribution is -2.49. The van der Waals surface area contributed by atoms with Crippen LogP contribution in [0.1, 0.15) is 29.8 Å². The number of aliphatic hydroxyl groups excluding tert-OH is 1. The van der Waals surface area contributed by atoms with E-state index in [4.69, 9.17) is 4.74 Å². The zero-order valence-electron chi connectivity index (χ0n) is 17.4. The van der Waals surface area contributed by atoms with Crippen LogP contribution in [0.2, 0.25) is 0 Å². The highest BCUT2D eigenvalue weighted by Crippen LogP contribution is 2.28. The number of ether oxygens (including phenoxy) is 1. The van der Waals surface area contributed by atoms with E-state index < -0.39 is 0 Å². The SMILES string of the molecule is C[C@@H]1CN([C@H](C)CO)C(=O)c2cc(Br)cnc2O[C@H]1CN(C)Cc1ccccc1F. The number of benzene rings is 1. The molecule has 1 N–H and O–H groups in total. The van der Waals surface area contributed by atoms with E-state index in [1.807, 2.05) is 31.9 Å². The van der Waals surface area contributed by atoms with E-state index in [-0.39, 0.29) is 42.3 Å². The Balaban J connectivity index is 1.86. The molecule has 0 bridgehead atoms. The zero-order valence-corrected chi connectivity index (χ0v) is 19.0. The van der Waals surface area contributed by atoms with Gasteiger partial charge in [0, 0.05) is 41.8 Å². The molecule has 0 saturated carbocycles. The van der Waals surface area contributed by atoms with Gasteiger partial charge in [-0.05, 0) is 42.0 Å². The Morgan fingerprint density at radius 3 is 2.87 bits per heavy atom. The Bertz CT molecular complexity index is 898. The van der Waals surface area contributed by atoms with E-state index in [2.05, 4.69) is 20.9 Å². The number of amides is 1. The van der Waals surface area contributed by atoms with Crippen molar-refractivity contribution in [3.05, 3.63) is 57.9 Å². The summed E-state index contributed by atoms with van der Waals surface area (Å²) in [5.41, 5.74) is 0.977. The highest BCUT2D eigenvalue weighted by atomic mass is 79.9. The van der Waals surface area contributed by atoms with E-state index >= 15 is 0 Å². The number of carbonyl (C=O) groups excluding carboxylic acids is 1. The first-order chi connectivity index (χ1) is 14.3. The van der Waals surface area contributed by atoms with Crippen molar-refractivity contribution in [2.75, 3.05) is 26.7 Å². The van der Waals surface area contributed by atoms with E-state index in [1.165, 1.54) is 6.07 Å². The number of nitrogens with zero attached hydrogens (tertiary/aromatic N) is 3. The van der Waals surface area contributed by atoms with Gasteiger partial charge in [-0.1, -0.05) is 25.1 Å². The first-order valence-electron chi connectivity index (χ1n) is 9.96. The highest BCUT2D eigenvalue weighted by Gasteiger charge is 2.34. The molecule has 0 radical (unpaired) electrons. The summed E-state index contributed by atoms with van der Waals surface area (Å²) in [7, 11) is 1.91. The van der Waals surface area contributed by atoms with Crippen molar-refractivity contribution in [3.63, 3.8) is 0 Å². The summed E-state index contributed by atoms with van der Waals surface area (Å²) in [5, 5.41) is 9.66. The van der Waals surface area contributed by atoms with Crippen LogP contribution in [0.4, 0.5) is 4.39 Å². The van der Waals surface area contributed by atoms with Crippen LogP contribution in [0.25, 0.3) is 0 Å². The van der Waals surface area contributed by atoms with Crippen LogP contribution in [-0.4, -0.2) is 64.7 Å². The van der Waals surface area contributed by atoms with Crippen molar-refractivity contribution >= 4 is 21.8 Å². The summed E-state index contributed by atoms with van der Waals surface area (Å²) in [5.74, 6) is -0.203. The van der Waals surface area contributed by atoms with Crippen molar-refractivity contribution in [2.45, 2.75) is 32.5 Å². The Hall–Kier alpha value is -2.03. The Morgan fingerprint density at radius 1 is 1.43 bits per heavy atom. The maximum Gasteiger partial charge on any atom is 0.259 e. The van der Waals surface area contributed by atoms with Crippen LogP contribution in [-0.2, 0) is 6.54 Å². The topological polar surface area (TPSA) is 65.9 Å². The second-order valence-corrected chi connectivity index (χ2v) is 8.83. The van der Waals surface area contributed by atoms with Gasteiger partial charge in [0.1, 0.15) is 17.5 Å². The van der Waals surface area contributed by atoms with E-state index in [9.17, 15) is 14.3 Å². The molecule has 1 aliphatic rings. The third-order valence-electron chi connectivity index (χ3n) is 5.38. The first kappa shape index (κ1) is 22.7. The van der Waals surface area contributed by atoms with Crippen molar-refractivity contribution < 1.29 is 19.0 Å². The van der Waals surface area contributed by atoms with E-state index in [0.717, 1.165) is 0 Å². The van der Waals surface area contributed by atoms with Crippen molar-refractivity contribution in [3.8, 4) is 5.88 Å². The summed E-state index contributed by atoms with van der Waals surface area (Å²) >= 11 is 3.37. The Labute approximate surface area is 184 Å². The molecule has 2 aromatic rings. The second kappa shape index (κ2) is 9.85. The van der Waals surface area contributed by atoms with Crippen molar-refractivity contribution in [2.24, 2.45) is 5.92 Å². The minimum atomic E-state index is -0.332. The fourth-order valence-electron chi connectivity index (χ4n) is 3.58. The molecule has 0 aliphatic carbocycles. The van der Waals surface area contributed by atoms with E-state index in [1.54, 1.807) is 29.3 Å². The number of halogens is 2. The van der Waals surface area contributed by atoms with Gasteiger partial charge in [-0.3, -0.25) is 9.69 Å². The fourth-order valence-corrected chi connectivity index (χ4v) is 3.92. The van der Waals surface area contributed by atoms with E-state index in [0.29, 0.717) is 35.2 Å². The van der Waals surface area contributed by atoms with Gasteiger partial charge in [0.2, 0.25) is 5.88 Å². The molecular formula is C22H27BrFN3O3. The van der Waals surface area contributed by atoms with Crippen molar-refractivity contribution in [1.82, 2.24) is 14.8 Å². The van der Waals surface area contributed by atoms with Crippen LogP contribution >= 0.6 is 15.9 Å². The lowest BCUT2D eigenvalue weighted by molar-refractivity contribution is 0.0324. The molecule has 0 spiro atoms. The van der Waals surface area contributed by atoms with Gasteiger partial charge in [0.25, 0.3) is 5.91 Å². The molecule has 2 heterocycles. The van der Waals surface area contributed by atoms with Crippen molar-refractivity contribution in [1.29, 1.82) is 0 Å². The molecule has 1 aromatic heterocycles. The van der Waals surface area contributed by atoms with Gasteiger partial charge >= 0.3 is 0 Å². The lowest BCUT2D eigenvalue weighted by Gasteiger charge is -2.37. The highest BCUT2D eigenvalue weighted by molar-refractivity contribution is 9.10. The predicted molar refractivity (Wildman–Crippen MR) is 116 cm³/mol. The Kier molecular flexibility index (Phi) is 7.44. The van der Waals surface area contributed by atoms with Gasteiger partial charge in [-0.25, -0.2) is 9.37 Å². The number of aromatic nitrogens is 1. The van der Waals surface area contributed by atoms with Gasteiger partial charge in [0.15, 0.2) is 0 Å². The number of rotatable bonds is 6. The number of carbonyl (C=O) groups is 1. The number of pyridine rings is 1. The normalized spacial score (nSPS) is 20.4. The molecular weight excluding hydrogens is 453 g/mol. The molecule has 0 fully saturated rings. The summed E-state index contributed by atoms with van der Waals surface area (Å²) in [6, 6.07) is 8.08. The molecule has 3 rings (SSSR count). The maximum atomic E-state index is 14.0. The average molecular weight is 480 g/mol. The molecule has 3 atom stereocenters. The molecule has 1 aliphatic heterocycles. The molecule has 1 aromatic carbocycles. The largest absolute Gasteiger partial charge is 0.472 e. The van der Waals surface area contributed by atoms with Crippen LogP contribution in [0.5, 0.6) is 5.88 Å².